The van der Waals surface area contributed by atoms with E-state index in [1.165, 1.54) is 0 Å². The molecule has 0 heterocycles. The van der Waals surface area contributed by atoms with Gasteiger partial charge in [0.15, 0.2) is 0 Å². The molecule has 0 saturated heterocycles. The minimum absolute atomic E-state index is 0.00492. The van der Waals surface area contributed by atoms with Crippen LogP contribution in [0.25, 0.3) is 0 Å². The van der Waals surface area contributed by atoms with Crippen molar-refractivity contribution in [2.45, 2.75) is 12.4 Å². The molecule has 20 heavy (non-hydrogen) atoms. The molecule has 1 amide bonds. The summed E-state index contributed by atoms with van der Waals surface area (Å²) in [6, 6.07) is 14.8. The predicted octanol–water partition coefficient (Wildman–Crippen LogP) is 3.29. The number of nitrogens with one attached hydrogen (secondary N) is 1. The van der Waals surface area contributed by atoms with Crippen molar-refractivity contribution in [2.75, 3.05) is 11.6 Å². The Morgan fingerprint density at radius 3 is 2.55 bits per heavy atom. The SMILES string of the molecule is CSCc1cccc(C(=O)Nc2ccc(CO)cc2)c1. The Labute approximate surface area is 123 Å². The molecule has 2 aromatic carbocycles. The second-order valence-electron chi connectivity index (χ2n) is 4.44. The number of benzene rings is 2. The molecule has 0 aliphatic carbocycles. The van der Waals surface area contributed by atoms with Gasteiger partial charge in [-0.15, -0.1) is 0 Å². The molecule has 0 bridgehead atoms. The first-order chi connectivity index (χ1) is 9.72. The van der Waals surface area contributed by atoms with Gasteiger partial charge >= 0.3 is 0 Å². The number of anilines is 1. The minimum atomic E-state index is -0.121. The van der Waals surface area contributed by atoms with Crippen molar-refractivity contribution in [2.24, 2.45) is 0 Å². The standard InChI is InChI=1S/C16H17NO2S/c1-20-11-13-3-2-4-14(9-13)16(19)17-15-7-5-12(10-18)6-8-15/h2-9,18H,10-11H2,1H3,(H,17,19). The molecule has 0 spiro atoms. The number of hydrogen-bond donors (Lipinski definition) is 2. The van der Waals surface area contributed by atoms with Crippen LogP contribution in [0.3, 0.4) is 0 Å². The van der Waals surface area contributed by atoms with Crippen LogP contribution in [0.1, 0.15) is 21.5 Å². The Morgan fingerprint density at radius 2 is 1.90 bits per heavy atom. The van der Waals surface area contributed by atoms with Crippen LogP contribution in [0.4, 0.5) is 5.69 Å². The minimum Gasteiger partial charge on any atom is -0.392 e. The molecule has 2 N–H and O–H groups in total. The number of thioether (sulfide) groups is 1. The first-order valence-corrected chi connectivity index (χ1v) is 7.71. The van der Waals surface area contributed by atoms with Crippen LogP contribution in [0.2, 0.25) is 0 Å². The molecule has 0 aliphatic heterocycles. The Kier molecular flexibility index (Phi) is 5.21. The molecular weight excluding hydrogens is 270 g/mol. The number of carbonyl (C=O) groups is 1. The van der Waals surface area contributed by atoms with Crippen molar-refractivity contribution >= 4 is 23.4 Å². The molecular formula is C16H17NO2S. The van der Waals surface area contributed by atoms with E-state index in [-0.39, 0.29) is 12.5 Å². The maximum Gasteiger partial charge on any atom is 0.255 e. The van der Waals surface area contributed by atoms with E-state index >= 15 is 0 Å². The van der Waals surface area contributed by atoms with Crippen molar-refractivity contribution in [3.8, 4) is 0 Å². The van der Waals surface area contributed by atoms with Crippen LogP contribution in [0.15, 0.2) is 48.5 Å². The van der Waals surface area contributed by atoms with Gasteiger partial charge in [-0.3, -0.25) is 4.79 Å². The summed E-state index contributed by atoms with van der Waals surface area (Å²) >= 11 is 1.73. The quantitative estimate of drug-likeness (QED) is 0.887. The van der Waals surface area contributed by atoms with E-state index in [1.807, 2.05) is 24.5 Å². The largest absolute Gasteiger partial charge is 0.392 e. The fraction of sp³-hybridized carbons (Fsp3) is 0.188. The van der Waals surface area contributed by atoms with E-state index in [4.69, 9.17) is 5.11 Å². The van der Waals surface area contributed by atoms with E-state index in [9.17, 15) is 4.79 Å². The van der Waals surface area contributed by atoms with Crippen molar-refractivity contribution in [3.05, 3.63) is 65.2 Å². The molecule has 104 valence electrons. The third kappa shape index (κ3) is 3.85. The Morgan fingerprint density at radius 1 is 1.15 bits per heavy atom. The predicted molar refractivity (Wildman–Crippen MR) is 84.0 cm³/mol. The molecule has 0 aliphatic rings. The van der Waals surface area contributed by atoms with Gasteiger partial charge in [0.1, 0.15) is 0 Å². The van der Waals surface area contributed by atoms with Gasteiger partial charge in [-0.1, -0.05) is 24.3 Å². The Bertz CT molecular complexity index is 581. The first kappa shape index (κ1) is 14.6. The number of aliphatic hydroxyl groups excluding tert-OH is 1. The lowest BCUT2D eigenvalue weighted by atomic mass is 10.1. The van der Waals surface area contributed by atoms with Gasteiger partial charge in [0.2, 0.25) is 0 Å². The van der Waals surface area contributed by atoms with Crippen molar-refractivity contribution in [1.29, 1.82) is 0 Å². The maximum absolute atomic E-state index is 12.2. The second-order valence-corrected chi connectivity index (χ2v) is 5.31. The zero-order valence-corrected chi connectivity index (χ0v) is 12.1. The molecule has 0 unspecified atom stereocenters. The van der Waals surface area contributed by atoms with E-state index in [1.54, 1.807) is 42.1 Å². The molecule has 0 atom stereocenters. The van der Waals surface area contributed by atoms with Gasteiger partial charge in [0.05, 0.1) is 6.61 Å². The van der Waals surface area contributed by atoms with Gasteiger partial charge in [0.25, 0.3) is 5.91 Å². The summed E-state index contributed by atoms with van der Waals surface area (Å²) < 4.78 is 0. The topological polar surface area (TPSA) is 49.3 Å². The van der Waals surface area contributed by atoms with Crippen LogP contribution in [-0.4, -0.2) is 17.3 Å². The smallest absolute Gasteiger partial charge is 0.255 e. The summed E-state index contributed by atoms with van der Waals surface area (Å²) in [4.78, 5) is 12.2. The molecule has 0 saturated carbocycles. The zero-order valence-electron chi connectivity index (χ0n) is 11.3. The highest BCUT2D eigenvalue weighted by molar-refractivity contribution is 7.97. The summed E-state index contributed by atoms with van der Waals surface area (Å²) in [5, 5.41) is 11.8. The van der Waals surface area contributed by atoms with Crippen LogP contribution >= 0.6 is 11.8 Å². The summed E-state index contributed by atoms with van der Waals surface area (Å²) in [7, 11) is 0. The van der Waals surface area contributed by atoms with Gasteiger partial charge < -0.3 is 10.4 Å². The van der Waals surface area contributed by atoms with E-state index < -0.39 is 0 Å². The first-order valence-electron chi connectivity index (χ1n) is 6.32. The molecule has 0 fully saturated rings. The maximum atomic E-state index is 12.2. The Balaban J connectivity index is 2.08. The van der Waals surface area contributed by atoms with Crippen LogP contribution in [-0.2, 0) is 12.4 Å². The summed E-state index contributed by atoms with van der Waals surface area (Å²) in [6.45, 7) is 0.00492. The highest BCUT2D eigenvalue weighted by atomic mass is 32.2. The van der Waals surface area contributed by atoms with Gasteiger partial charge in [-0.25, -0.2) is 0 Å². The molecule has 4 heteroatoms. The lowest BCUT2D eigenvalue weighted by molar-refractivity contribution is 0.102. The van der Waals surface area contributed by atoms with Crippen LogP contribution in [0, 0.1) is 0 Å². The van der Waals surface area contributed by atoms with Gasteiger partial charge in [0, 0.05) is 17.0 Å². The highest BCUT2D eigenvalue weighted by Crippen LogP contribution is 2.14. The third-order valence-electron chi connectivity index (χ3n) is 2.89. The monoisotopic (exact) mass is 287 g/mol. The van der Waals surface area contributed by atoms with Gasteiger partial charge in [-0.2, -0.15) is 11.8 Å². The number of rotatable bonds is 5. The number of carbonyl (C=O) groups excluding carboxylic acids is 1. The highest BCUT2D eigenvalue weighted by Gasteiger charge is 2.06. The normalized spacial score (nSPS) is 10.3. The summed E-state index contributed by atoms with van der Waals surface area (Å²) in [5.74, 6) is 0.775. The second kappa shape index (κ2) is 7.12. The Hall–Kier alpha value is -1.78. The van der Waals surface area contributed by atoms with Crippen molar-refractivity contribution < 1.29 is 9.90 Å². The van der Waals surface area contributed by atoms with Crippen LogP contribution in [0.5, 0.6) is 0 Å². The van der Waals surface area contributed by atoms with E-state index in [0.29, 0.717) is 5.56 Å². The molecule has 3 nitrogen and oxygen atoms in total. The van der Waals surface area contributed by atoms with Gasteiger partial charge in [-0.05, 0) is 41.6 Å². The van der Waals surface area contributed by atoms with Crippen molar-refractivity contribution in [1.82, 2.24) is 0 Å². The van der Waals surface area contributed by atoms with Crippen LogP contribution < -0.4 is 5.32 Å². The fourth-order valence-corrected chi connectivity index (χ4v) is 2.38. The summed E-state index contributed by atoms with van der Waals surface area (Å²) in [6.07, 6.45) is 2.04. The zero-order chi connectivity index (χ0) is 14.4. The lowest BCUT2D eigenvalue weighted by Crippen LogP contribution is -2.12. The van der Waals surface area contributed by atoms with Crippen molar-refractivity contribution in [3.63, 3.8) is 0 Å². The number of aliphatic hydroxyl groups is 1. The molecule has 0 aromatic heterocycles. The fourth-order valence-electron chi connectivity index (χ4n) is 1.87. The third-order valence-corrected chi connectivity index (χ3v) is 3.52. The molecule has 0 radical (unpaired) electrons. The van der Waals surface area contributed by atoms with E-state index in [0.717, 1.165) is 22.6 Å². The summed E-state index contributed by atoms with van der Waals surface area (Å²) in [5.41, 5.74) is 3.34. The number of hydrogen-bond acceptors (Lipinski definition) is 3. The lowest BCUT2D eigenvalue weighted by Gasteiger charge is -2.07. The molecule has 2 aromatic rings. The molecule has 2 rings (SSSR count). The number of amides is 1. The van der Waals surface area contributed by atoms with E-state index in [2.05, 4.69) is 5.32 Å². The average molecular weight is 287 g/mol. The average Bonchev–Trinajstić information content (AvgIpc) is 2.48.